The Morgan fingerprint density at radius 2 is 1.77 bits per heavy atom. The van der Waals surface area contributed by atoms with Gasteiger partial charge in [-0.3, -0.25) is 19.4 Å². The average molecular weight is 753 g/mol. The molecule has 1 unspecified atom stereocenters. The molecule has 2 aliphatic heterocycles. The highest BCUT2D eigenvalue weighted by Gasteiger charge is 2.51. The second-order valence-electron chi connectivity index (χ2n) is 15.7. The maximum Gasteiger partial charge on any atom is 0.316 e. The van der Waals surface area contributed by atoms with Gasteiger partial charge in [0.05, 0.1) is 48.2 Å². The number of amides is 1. The summed E-state index contributed by atoms with van der Waals surface area (Å²) in [6.45, 7) is 13.0. The van der Waals surface area contributed by atoms with Gasteiger partial charge in [-0.15, -0.1) is 0 Å². The van der Waals surface area contributed by atoms with E-state index >= 15 is 0 Å². The minimum atomic E-state index is -2.03. The lowest BCUT2D eigenvalue weighted by Crippen LogP contribution is -2.60. The predicted octanol–water partition coefficient (Wildman–Crippen LogP) is 0.938. The van der Waals surface area contributed by atoms with Crippen LogP contribution >= 0.6 is 0 Å². The lowest BCUT2D eigenvalue weighted by Gasteiger charge is -2.47. The van der Waals surface area contributed by atoms with Crippen LogP contribution in [0.15, 0.2) is 24.4 Å². The number of aliphatic hydroxyl groups is 4. The molecule has 0 bridgehead atoms. The number of likely N-dealkylation sites (N-methyl/N-ethyl adjacent to an activating group) is 1. The zero-order valence-electron chi connectivity index (χ0n) is 33.0. The largest absolute Gasteiger partial charge is 0.459 e. The van der Waals surface area contributed by atoms with E-state index in [0.29, 0.717) is 13.0 Å². The van der Waals surface area contributed by atoms with Crippen LogP contribution in [-0.2, 0) is 39.9 Å². The van der Waals surface area contributed by atoms with Crippen molar-refractivity contribution in [2.24, 2.45) is 17.8 Å². The van der Waals surface area contributed by atoms with Crippen molar-refractivity contribution in [3.63, 3.8) is 0 Å². The fourth-order valence-electron chi connectivity index (χ4n) is 7.45. The van der Waals surface area contributed by atoms with Gasteiger partial charge in [0.15, 0.2) is 12.1 Å². The molecular formula is C38H64N4O11. The molecule has 1 aromatic heterocycles. The van der Waals surface area contributed by atoms with Gasteiger partial charge in [-0.1, -0.05) is 26.8 Å². The molecule has 2 aliphatic rings. The summed E-state index contributed by atoms with van der Waals surface area (Å²) in [7, 11) is 3.68. The number of hydrogen-bond donors (Lipinski definition) is 6. The molecule has 302 valence electrons. The number of nitrogens with zero attached hydrogens (tertiary/aromatic N) is 2. The lowest BCUT2D eigenvalue weighted by atomic mass is 9.79. The molecular weight excluding hydrogens is 688 g/mol. The summed E-state index contributed by atoms with van der Waals surface area (Å²) in [5.41, 5.74) is -2.70. The highest BCUT2D eigenvalue weighted by atomic mass is 16.7. The van der Waals surface area contributed by atoms with Crippen molar-refractivity contribution in [1.29, 1.82) is 0 Å². The number of carbonyl (C=O) groups is 3. The number of hydrogen-bond acceptors (Lipinski definition) is 14. The first-order valence-electron chi connectivity index (χ1n) is 18.8. The van der Waals surface area contributed by atoms with Crippen molar-refractivity contribution in [3.05, 3.63) is 30.1 Å². The summed E-state index contributed by atoms with van der Waals surface area (Å²) in [6.07, 6.45) is -5.41. The van der Waals surface area contributed by atoms with E-state index in [2.05, 4.69) is 15.6 Å². The fraction of sp³-hybridized carbons (Fsp3) is 0.789. The van der Waals surface area contributed by atoms with E-state index in [-0.39, 0.29) is 38.1 Å². The van der Waals surface area contributed by atoms with Gasteiger partial charge < -0.3 is 54.9 Å². The number of carbonyl (C=O) groups excluding carboxylic acids is 3. The summed E-state index contributed by atoms with van der Waals surface area (Å²) in [6, 6.07) is 4.53. The maximum absolute atomic E-state index is 14.3. The standard InChI is InChI=1S/C38H64N4O11/c1-11-29-38(8,49)32(46)25(6)34(47)41-21(2)17-37(7,50-20-27(43)19-39-18-26-14-12-13-15-40-26)33(23(4)30(44)24(5)35(48)52-29)53-36-31(45)28(42(9)10)16-22(3)51-36/h12-15,21-25,27-29,31-33,36,39,43,45-46,49H,11,16-20H2,1-10H3,(H,41,47)/t21-,22-,23+,24-,25-,27?,28+,29-,31-,32-,33-,36+,37-,38-/m1/s1. The topological polar surface area (TPSA) is 209 Å². The Morgan fingerprint density at radius 3 is 2.38 bits per heavy atom. The third-order valence-electron chi connectivity index (χ3n) is 10.7. The second kappa shape index (κ2) is 19.3. The highest BCUT2D eigenvalue weighted by Crippen LogP contribution is 2.36. The van der Waals surface area contributed by atoms with E-state index in [1.807, 2.05) is 44.1 Å². The Bertz CT molecular complexity index is 1340. The lowest BCUT2D eigenvalue weighted by molar-refractivity contribution is -0.298. The van der Waals surface area contributed by atoms with Gasteiger partial charge in [-0.25, -0.2) is 0 Å². The van der Waals surface area contributed by atoms with Crippen LogP contribution in [0.2, 0.25) is 0 Å². The van der Waals surface area contributed by atoms with Gasteiger partial charge in [0.2, 0.25) is 5.91 Å². The van der Waals surface area contributed by atoms with Crippen molar-refractivity contribution in [2.75, 3.05) is 27.2 Å². The van der Waals surface area contributed by atoms with Crippen molar-refractivity contribution in [2.45, 2.75) is 147 Å². The Hall–Kier alpha value is -2.60. The molecule has 0 spiro atoms. The monoisotopic (exact) mass is 752 g/mol. The van der Waals surface area contributed by atoms with Crippen molar-refractivity contribution in [3.8, 4) is 0 Å². The zero-order valence-corrected chi connectivity index (χ0v) is 33.0. The molecule has 0 aromatic carbocycles. The zero-order chi connectivity index (χ0) is 39.8. The van der Waals surface area contributed by atoms with Crippen LogP contribution in [-0.4, -0.2) is 141 Å². The first-order valence-corrected chi connectivity index (χ1v) is 18.8. The summed E-state index contributed by atoms with van der Waals surface area (Å²) >= 11 is 0. The van der Waals surface area contributed by atoms with Gasteiger partial charge in [0.25, 0.3) is 0 Å². The summed E-state index contributed by atoms with van der Waals surface area (Å²) in [4.78, 5) is 47.5. The summed E-state index contributed by atoms with van der Waals surface area (Å²) in [5, 5.41) is 51.2. The number of aliphatic hydroxyl groups excluding tert-OH is 3. The average Bonchev–Trinajstić information content (AvgIpc) is 3.11. The first kappa shape index (κ1) is 44.8. The molecule has 1 aromatic rings. The van der Waals surface area contributed by atoms with Crippen LogP contribution in [0.5, 0.6) is 0 Å². The van der Waals surface area contributed by atoms with Crippen molar-refractivity contribution in [1.82, 2.24) is 20.5 Å². The number of rotatable bonds is 11. The fourth-order valence-corrected chi connectivity index (χ4v) is 7.45. The van der Waals surface area contributed by atoms with Crippen molar-refractivity contribution < 1.29 is 53.8 Å². The Morgan fingerprint density at radius 1 is 1.09 bits per heavy atom. The minimum absolute atomic E-state index is 0.0280. The second-order valence-corrected chi connectivity index (χ2v) is 15.7. The molecule has 2 fully saturated rings. The number of ether oxygens (including phenoxy) is 4. The SMILES string of the molecule is CC[C@H]1OC(=O)[C@H](C)C(=O)[C@H](C)[C@@H](O[C@@H]2O[C@H](C)C[C@H](N(C)C)[C@H]2O)[C@](C)(OCC(O)CNCc2ccccn2)C[C@@H](C)NC(=O)[C@H](C)[C@@H](O)[C@]1(C)O. The smallest absolute Gasteiger partial charge is 0.316 e. The van der Waals surface area contributed by atoms with Crippen LogP contribution in [0.25, 0.3) is 0 Å². The molecule has 15 nitrogen and oxygen atoms in total. The molecule has 6 N–H and O–H groups in total. The molecule has 0 saturated carbocycles. The number of cyclic esters (lactones) is 1. The number of nitrogens with one attached hydrogen (secondary N) is 2. The van der Waals surface area contributed by atoms with Gasteiger partial charge in [-0.05, 0) is 80.1 Å². The van der Waals surface area contributed by atoms with Crippen LogP contribution in [0.4, 0.5) is 0 Å². The van der Waals surface area contributed by atoms with Crippen LogP contribution in [0.1, 0.15) is 80.3 Å². The molecule has 2 saturated heterocycles. The van der Waals surface area contributed by atoms with Crippen LogP contribution < -0.4 is 10.6 Å². The number of aromatic nitrogens is 1. The molecule has 3 rings (SSSR count). The first-order chi connectivity index (χ1) is 24.7. The van der Waals surface area contributed by atoms with E-state index < -0.39 is 89.5 Å². The minimum Gasteiger partial charge on any atom is -0.459 e. The van der Waals surface area contributed by atoms with Crippen LogP contribution in [0, 0.1) is 17.8 Å². The Balaban J connectivity index is 2.05. The third-order valence-corrected chi connectivity index (χ3v) is 10.7. The Kier molecular flexibility index (Phi) is 16.3. The quantitative estimate of drug-likeness (QED) is 0.137. The molecule has 0 aliphatic carbocycles. The van der Waals surface area contributed by atoms with E-state index in [9.17, 15) is 34.8 Å². The van der Waals surface area contributed by atoms with Gasteiger partial charge in [0, 0.05) is 37.3 Å². The summed E-state index contributed by atoms with van der Waals surface area (Å²) in [5.74, 6) is -5.62. The highest BCUT2D eigenvalue weighted by molar-refractivity contribution is 6.00. The van der Waals surface area contributed by atoms with Gasteiger partial charge in [0.1, 0.15) is 23.7 Å². The molecule has 0 radical (unpaired) electrons. The van der Waals surface area contributed by atoms with Crippen LogP contribution in [0.3, 0.4) is 0 Å². The van der Waals surface area contributed by atoms with E-state index in [1.54, 1.807) is 33.9 Å². The number of esters is 1. The predicted molar refractivity (Wildman–Crippen MR) is 195 cm³/mol. The maximum atomic E-state index is 14.3. The number of Topliss-reactive ketones (excluding diaryl/α,β-unsaturated/α-hetero) is 1. The third kappa shape index (κ3) is 11.5. The van der Waals surface area contributed by atoms with Gasteiger partial charge in [-0.2, -0.15) is 0 Å². The van der Waals surface area contributed by atoms with E-state index in [0.717, 1.165) is 5.69 Å². The summed E-state index contributed by atoms with van der Waals surface area (Å²) < 4.78 is 24.9. The normalized spacial score (nSPS) is 38.8. The van der Waals surface area contributed by atoms with E-state index in [1.165, 1.54) is 20.8 Å². The Labute approximate surface area is 314 Å². The molecule has 1 amide bonds. The number of pyridine rings is 1. The van der Waals surface area contributed by atoms with Crippen molar-refractivity contribution >= 4 is 17.7 Å². The van der Waals surface area contributed by atoms with Gasteiger partial charge >= 0.3 is 5.97 Å². The molecule has 15 heteroatoms. The van der Waals surface area contributed by atoms with E-state index in [4.69, 9.17) is 18.9 Å². The molecule has 14 atom stereocenters. The molecule has 3 heterocycles. The number of ketones is 1. The molecule has 53 heavy (non-hydrogen) atoms.